The van der Waals surface area contributed by atoms with Crippen molar-refractivity contribution in [2.75, 3.05) is 6.54 Å². The zero-order valence-corrected chi connectivity index (χ0v) is 16.0. The van der Waals surface area contributed by atoms with E-state index < -0.39 is 5.63 Å². The number of hydrogen-bond donors (Lipinski definition) is 0. The van der Waals surface area contributed by atoms with E-state index in [9.17, 15) is 9.59 Å². The van der Waals surface area contributed by atoms with Gasteiger partial charge in [-0.15, -0.1) is 0 Å². The van der Waals surface area contributed by atoms with E-state index in [4.69, 9.17) is 4.42 Å². The number of carbonyl (C=O) groups excluding carboxylic acids is 1. The van der Waals surface area contributed by atoms with Crippen molar-refractivity contribution in [3.05, 3.63) is 118 Å². The average Bonchev–Trinajstić information content (AvgIpc) is 2.77. The summed E-state index contributed by atoms with van der Waals surface area (Å²) < 4.78 is 5.37. The van der Waals surface area contributed by atoms with Gasteiger partial charge in [0.2, 0.25) is 0 Å². The van der Waals surface area contributed by atoms with Crippen LogP contribution in [-0.4, -0.2) is 17.4 Å². The summed E-state index contributed by atoms with van der Waals surface area (Å²) in [4.78, 5) is 27.5. The Morgan fingerprint density at radius 2 is 1.41 bits per heavy atom. The summed E-state index contributed by atoms with van der Waals surface area (Å²) in [7, 11) is 0. The summed E-state index contributed by atoms with van der Waals surface area (Å²) in [6.07, 6.45) is 0.707. The van der Waals surface area contributed by atoms with Crippen LogP contribution < -0.4 is 5.63 Å². The van der Waals surface area contributed by atoms with Gasteiger partial charge in [0, 0.05) is 18.5 Å². The van der Waals surface area contributed by atoms with Crippen LogP contribution in [0.5, 0.6) is 0 Å². The zero-order chi connectivity index (χ0) is 20.1. The number of carbonyl (C=O) groups is 1. The van der Waals surface area contributed by atoms with Gasteiger partial charge in [-0.1, -0.05) is 78.9 Å². The Balaban J connectivity index is 1.64. The summed E-state index contributed by atoms with van der Waals surface area (Å²) in [5, 5.41) is 0.734. The van der Waals surface area contributed by atoms with Crippen LogP contribution in [0.4, 0.5) is 0 Å². The molecule has 0 saturated heterocycles. The monoisotopic (exact) mass is 383 g/mol. The highest BCUT2D eigenvalue weighted by Crippen LogP contribution is 2.16. The first-order chi connectivity index (χ1) is 14.2. The van der Waals surface area contributed by atoms with Gasteiger partial charge in [0.25, 0.3) is 5.91 Å². The van der Waals surface area contributed by atoms with Crippen molar-refractivity contribution in [3.63, 3.8) is 0 Å². The highest BCUT2D eigenvalue weighted by atomic mass is 16.4. The van der Waals surface area contributed by atoms with Gasteiger partial charge in [0.15, 0.2) is 0 Å². The Hall–Kier alpha value is -3.66. The molecule has 0 saturated carbocycles. The van der Waals surface area contributed by atoms with Gasteiger partial charge in [-0.25, -0.2) is 4.79 Å². The molecule has 0 unspecified atom stereocenters. The molecule has 4 aromatic rings. The molecule has 0 radical (unpaired) electrons. The minimum atomic E-state index is -0.605. The molecule has 1 amide bonds. The largest absolute Gasteiger partial charge is 0.422 e. The topological polar surface area (TPSA) is 50.5 Å². The lowest BCUT2D eigenvalue weighted by molar-refractivity contribution is 0.0741. The summed E-state index contributed by atoms with van der Waals surface area (Å²) in [6, 6.07) is 28.6. The third-order valence-electron chi connectivity index (χ3n) is 4.89. The predicted octanol–water partition coefficient (Wildman–Crippen LogP) is 4.68. The van der Waals surface area contributed by atoms with Crippen LogP contribution in [0.25, 0.3) is 11.0 Å². The van der Waals surface area contributed by atoms with E-state index in [-0.39, 0.29) is 11.5 Å². The molecule has 1 aromatic heterocycles. The summed E-state index contributed by atoms with van der Waals surface area (Å²) in [5.41, 5.74) is 2.09. The van der Waals surface area contributed by atoms with Crippen molar-refractivity contribution >= 4 is 16.9 Å². The molecule has 4 nitrogen and oxygen atoms in total. The number of benzene rings is 3. The number of rotatable bonds is 6. The van der Waals surface area contributed by atoms with Gasteiger partial charge < -0.3 is 9.32 Å². The van der Waals surface area contributed by atoms with Crippen LogP contribution in [0.15, 0.2) is 100 Å². The van der Waals surface area contributed by atoms with E-state index in [0.717, 1.165) is 16.5 Å². The van der Waals surface area contributed by atoms with Crippen LogP contribution >= 0.6 is 0 Å². The molecule has 0 aliphatic carbocycles. The molecule has 0 spiro atoms. The maximum atomic E-state index is 13.3. The van der Waals surface area contributed by atoms with Gasteiger partial charge >= 0.3 is 5.63 Å². The second-order valence-corrected chi connectivity index (χ2v) is 6.93. The minimum Gasteiger partial charge on any atom is -0.422 e. The molecule has 0 fully saturated rings. The van der Waals surface area contributed by atoms with Crippen molar-refractivity contribution in [3.8, 4) is 0 Å². The second kappa shape index (κ2) is 8.57. The van der Waals surface area contributed by atoms with E-state index >= 15 is 0 Å². The molecule has 4 heteroatoms. The van der Waals surface area contributed by atoms with Crippen LogP contribution in [-0.2, 0) is 13.0 Å². The molecule has 1 heterocycles. The zero-order valence-electron chi connectivity index (χ0n) is 16.0. The van der Waals surface area contributed by atoms with Gasteiger partial charge in [-0.3, -0.25) is 4.79 Å². The van der Waals surface area contributed by atoms with Gasteiger partial charge in [0.1, 0.15) is 11.1 Å². The number of nitrogens with zero attached hydrogens (tertiary/aromatic N) is 1. The summed E-state index contributed by atoms with van der Waals surface area (Å²) in [6.45, 7) is 0.933. The molecule has 0 atom stereocenters. The molecular weight excluding hydrogens is 362 g/mol. The maximum Gasteiger partial charge on any atom is 0.349 e. The fraction of sp³-hybridized carbons (Fsp3) is 0.120. The van der Waals surface area contributed by atoms with Crippen molar-refractivity contribution in [2.45, 2.75) is 13.0 Å². The molecule has 0 N–H and O–H groups in total. The van der Waals surface area contributed by atoms with Crippen LogP contribution in [0.1, 0.15) is 21.5 Å². The van der Waals surface area contributed by atoms with E-state index in [2.05, 4.69) is 0 Å². The van der Waals surface area contributed by atoms with Gasteiger partial charge in [-0.05, 0) is 29.7 Å². The molecule has 0 aliphatic rings. The molecule has 29 heavy (non-hydrogen) atoms. The van der Waals surface area contributed by atoms with Crippen LogP contribution in [0.2, 0.25) is 0 Å². The fourth-order valence-electron chi connectivity index (χ4n) is 3.35. The predicted molar refractivity (Wildman–Crippen MR) is 114 cm³/mol. The first-order valence-corrected chi connectivity index (χ1v) is 9.61. The SMILES string of the molecule is O=C(c1cc2ccccc2oc1=O)N(CCc1ccccc1)Cc1ccccc1. The Bertz CT molecular complexity index is 1170. The lowest BCUT2D eigenvalue weighted by Gasteiger charge is -2.23. The van der Waals surface area contributed by atoms with Crippen LogP contribution in [0, 0.1) is 0 Å². The molecule has 3 aromatic carbocycles. The fourth-order valence-corrected chi connectivity index (χ4v) is 3.35. The number of para-hydroxylation sites is 1. The lowest BCUT2D eigenvalue weighted by atomic mass is 10.1. The van der Waals surface area contributed by atoms with E-state index in [1.54, 1.807) is 23.1 Å². The van der Waals surface area contributed by atoms with E-state index in [0.29, 0.717) is 25.1 Å². The summed E-state index contributed by atoms with van der Waals surface area (Å²) in [5.74, 6) is -0.315. The molecule has 4 rings (SSSR count). The van der Waals surface area contributed by atoms with Crippen LogP contribution in [0.3, 0.4) is 0 Å². The summed E-state index contributed by atoms with van der Waals surface area (Å²) >= 11 is 0. The van der Waals surface area contributed by atoms with Gasteiger partial charge in [0.05, 0.1) is 0 Å². The number of fused-ring (bicyclic) bond motifs is 1. The first kappa shape index (κ1) is 18.7. The van der Waals surface area contributed by atoms with Crippen molar-refractivity contribution in [1.82, 2.24) is 4.90 Å². The molecule has 144 valence electrons. The van der Waals surface area contributed by atoms with E-state index in [1.807, 2.05) is 72.8 Å². The lowest BCUT2D eigenvalue weighted by Crippen LogP contribution is -2.35. The smallest absolute Gasteiger partial charge is 0.349 e. The molecular formula is C25H21NO3. The maximum absolute atomic E-state index is 13.3. The van der Waals surface area contributed by atoms with Gasteiger partial charge in [-0.2, -0.15) is 0 Å². The average molecular weight is 383 g/mol. The van der Waals surface area contributed by atoms with Crippen molar-refractivity contribution in [2.24, 2.45) is 0 Å². The van der Waals surface area contributed by atoms with Crippen molar-refractivity contribution < 1.29 is 9.21 Å². The first-order valence-electron chi connectivity index (χ1n) is 9.61. The third kappa shape index (κ3) is 4.43. The Morgan fingerprint density at radius 1 is 0.793 bits per heavy atom. The third-order valence-corrected chi connectivity index (χ3v) is 4.89. The quantitative estimate of drug-likeness (QED) is 0.454. The number of hydrogen-bond acceptors (Lipinski definition) is 3. The highest BCUT2D eigenvalue weighted by Gasteiger charge is 2.21. The molecule has 0 bridgehead atoms. The normalized spacial score (nSPS) is 10.8. The Kier molecular flexibility index (Phi) is 5.52. The number of amides is 1. The second-order valence-electron chi connectivity index (χ2n) is 6.93. The minimum absolute atomic E-state index is 0.0627. The van der Waals surface area contributed by atoms with E-state index in [1.165, 1.54) is 0 Å². The highest BCUT2D eigenvalue weighted by molar-refractivity contribution is 5.96. The Morgan fingerprint density at radius 3 is 2.14 bits per heavy atom. The van der Waals surface area contributed by atoms with Crippen molar-refractivity contribution in [1.29, 1.82) is 0 Å². The Labute approximate surface area is 169 Å². The molecule has 0 aliphatic heterocycles. The standard InChI is InChI=1S/C25H21NO3/c27-24(22-17-21-13-7-8-14-23(21)29-25(22)28)26(18-20-11-5-2-6-12-20)16-15-19-9-3-1-4-10-19/h1-14,17H,15-16,18H2.